The predicted octanol–water partition coefficient (Wildman–Crippen LogP) is 0.175. The number of hydrogen-bond donors (Lipinski definition) is 9. The van der Waals surface area contributed by atoms with Gasteiger partial charge in [0.1, 0.15) is 6.04 Å². The normalized spacial score (nSPS) is 13.4. The lowest BCUT2D eigenvalue weighted by Gasteiger charge is -2.22. The average Bonchev–Trinajstić information content (AvgIpc) is 3.75. The number of nitrogens with zero attached hydrogens (tertiary/aromatic N) is 3. The van der Waals surface area contributed by atoms with Gasteiger partial charge in [-0.25, -0.2) is 19.7 Å². The highest BCUT2D eigenvalue weighted by Gasteiger charge is 2.33. The summed E-state index contributed by atoms with van der Waals surface area (Å²) in [6, 6.07) is -3.52. The van der Waals surface area contributed by atoms with Gasteiger partial charge in [-0.2, -0.15) is 0 Å². The van der Waals surface area contributed by atoms with Crippen LogP contribution in [0.25, 0.3) is 0 Å². The number of carboxylic acid groups (broad SMARTS) is 1. The summed E-state index contributed by atoms with van der Waals surface area (Å²) < 4.78 is 0. The van der Waals surface area contributed by atoms with Crippen LogP contribution in [0, 0.1) is 0 Å². The van der Waals surface area contributed by atoms with Crippen molar-refractivity contribution in [1.29, 1.82) is 0 Å². The monoisotopic (exact) mass is 557 g/mol. The van der Waals surface area contributed by atoms with E-state index in [1.807, 2.05) is 0 Å². The molecule has 15 nitrogen and oxygen atoms in total. The van der Waals surface area contributed by atoms with Crippen LogP contribution in [0.5, 0.6) is 0 Å². The number of unbranched alkanes of at least 4 members (excludes halogenated alkanes) is 4. The van der Waals surface area contributed by atoms with Gasteiger partial charge >= 0.3 is 5.97 Å². The topological polar surface area (TPSA) is 232 Å². The van der Waals surface area contributed by atoms with Gasteiger partial charge < -0.3 is 47.1 Å². The quantitative estimate of drug-likeness (QED) is 0.0855. The van der Waals surface area contributed by atoms with Gasteiger partial charge in [0.2, 0.25) is 11.8 Å². The molecule has 218 valence electrons. The summed E-state index contributed by atoms with van der Waals surface area (Å²) in [5, 5.41) is 21.4. The van der Waals surface area contributed by atoms with Gasteiger partial charge in [-0.1, -0.05) is 12.8 Å². The molecule has 3 rings (SSSR count). The van der Waals surface area contributed by atoms with E-state index in [2.05, 4.69) is 51.2 Å². The van der Waals surface area contributed by atoms with Gasteiger partial charge in [0, 0.05) is 18.6 Å². The molecule has 10 N–H and O–H groups in total. The van der Waals surface area contributed by atoms with Crippen LogP contribution in [0.4, 0.5) is 0 Å². The number of aromatic nitrogens is 6. The third-order valence-electron chi connectivity index (χ3n) is 6.23. The van der Waals surface area contributed by atoms with Crippen LogP contribution in [0.15, 0.2) is 37.6 Å². The maximum Gasteiger partial charge on any atom is 0.332 e. The second-order valence-corrected chi connectivity index (χ2v) is 9.25. The predicted molar refractivity (Wildman–Crippen MR) is 146 cm³/mol. The largest absolute Gasteiger partial charge is 0.479 e. The highest BCUT2D eigenvalue weighted by Crippen LogP contribution is 2.17. The Morgan fingerprint density at radius 3 is 1.70 bits per heavy atom. The number of H-pyrrole nitrogens is 3. The maximum absolute atomic E-state index is 13.4. The molecule has 0 fully saturated rings. The van der Waals surface area contributed by atoms with Crippen molar-refractivity contribution in [2.45, 2.75) is 56.7 Å². The standard InChI is InChI=1S/C25H39N11O4/c26-7-3-6-9-27-8-4-1-2-5-10-31-20(17-11-28-14-32-17)23(37)35-21(18-12-29-15-33-18)24(38)36-22(25(39)40)19-13-30-16-34-19/h11-16,20-22,27,31H,1-10,26H2,(H,28,32)(H,29,33)(H,30,34)(H,35,37)(H,36,38)(H,39,40). The molecular formula is C25H39N11O4. The highest BCUT2D eigenvalue weighted by atomic mass is 16.4. The molecule has 3 aromatic rings. The number of rotatable bonds is 20. The van der Waals surface area contributed by atoms with Crippen LogP contribution in [-0.2, 0) is 14.4 Å². The van der Waals surface area contributed by atoms with Crippen molar-refractivity contribution in [3.05, 3.63) is 54.7 Å². The zero-order valence-corrected chi connectivity index (χ0v) is 22.4. The number of amides is 2. The van der Waals surface area contributed by atoms with E-state index in [0.717, 1.165) is 58.2 Å². The van der Waals surface area contributed by atoms with E-state index in [1.54, 1.807) is 6.20 Å². The van der Waals surface area contributed by atoms with Crippen LogP contribution in [0.2, 0.25) is 0 Å². The number of carbonyl (C=O) groups excluding carboxylic acids is 2. The lowest BCUT2D eigenvalue weighted by atomic mass is 10.1. The summed E-state index contributed by atoms with van der Waals surface area (Å²) in [4.78, 5) is 59.0. The van der Waals surface area contributed by atoms with Gasteiger partial charge in [-0.05, 0) is 51.9 Å². The van der Waals surface area contributed by atoms with Crippen molar-refractivity contribution in [2.24, 2.45) is 5.73 Å². The molecule has 40 heavy (non-hydrogen) atoms. The molecule has 0 aliphatic carbocycles. The average molecular weight is 558 g/mol. The van der Waals surface area contributed by atoms with Crippen molar-refractivity contribution in [1.82, 2.24) is 51.2 Å². The number of hydrogen-bond acceptors (Lipinski definition) is 9. The van der Waals surface area contributed by atoms with Crippen molar-refractivity contribution >= 4 is 17.8 Å². The third kappa shape index (κ3) is 9.59. The van der Waals surface area contributed by atoms with Gasteiger partial charge in [-0.3, -0.25) is 9.59 Å². The second kappa shape index (κ2) is 16.8. The van der Waals surface area contributed by atoms with Crippen LogP contribution in [0.3, 0.4) is 0 Å². The molecule has 0 bridgehead atoms. The fraction of sp³-hybridized carbons (Fsp3) is 0.520. The molecule has 2 amide bonds. The highest BCUT2D eigenvalue weighted by molar-refractivity contribution is 5.92. The lowest BCUT2D eigenvalue weighted by molar-refractivity contribution is -0.142. The second-order valence-electron chi connectivity index (χ2n) is 9.25. The van der Waals surface area contributed by atoms with E-state index >= 15 is 0 Å². The Hall–Kier alpha value is -4.08. The van der Waals surface area contributed by atoms with Gasteiger partial charge in [0.15, 0.2) is 12.1 Å². The first-order chi connectivity index (χ1) is 19.5. The Labute approximate surface area is 231 Å². The van der Waals surface area contributed by atoms with Gasteiger partial charge in [-0.15, -0.1) is 0 Å². The fourth-order valence-electron chi connectivity index (χ4n) is 4.10. The van der Waals surface area contributed by atoms with Crippen LogP contribution >= 0.6 is 0 Å². The van der Waals surface area contributed by atoms with Crippen molar-refractivity contribution < 1.29 is 19.5 Å². The van der Waals surface area contributed by atoms with Crippen LogP contribution in [0.1, 0.15) is 73.7 Å². The minimum atomic E-state index is -1.42. The molecule has 3 atom stereocenters. The SMILES string of the molecule is NCCCCNCCCCCCNC(C(=O)NC(C(=O)NC(C(=O)O)c1c[nH]cn1)c1c[nH]cn1)c1c[nH]cn1. The number of nitrogens with one attached hydrogen (secondary N) is 7. The van der Waals surface area contributed by atoms with E-state index in [1.165, 1.54) is 31.4 Å². The zero-order chi connectivity index (χ0) is 28.6. The first-order valence-corrected chi connectivity index (χ1v) is 13.4. The number of carbonyl (C=O) groups is 3. The van der Waals surface area contributed by atoms with Crippen LogP contribution in [-0.4, -0.2) is 79.0 Å². The Morgan fingerprint density at radius 2 is 1.18 bits per heavy atom. The molecule has 0 spiro atoms. The van der Waals surface area contributed by atoms with Crippen LogP contribution < -0.4 is 27.0 Å². The lowest BCUT2D eigenvalue weighted by Crippen LogP contribution is -2.47. The molecular weight excluding hydrogens is 518 g/mol. The molecule has 0 aliphatic rings. The summed E-state index contributed by atoms with van der Waals surface area (Å²) >= 11 is 0. The summed E-state index contributed by atoms with van der Waals surface area (Å²) in [6.07, 6.45) is 14.7. The molecule has 0 radical (unpaired) electrons. The molecule has 3 aromatic heterocycles. The van der Waals surface area contributed by atoms with E-state index in [4.69, 9.17) is 5.73 Å². The molecule has 0 aromatic carbocycles. The Balaban J connectivity index is 1.56. The first kappa shape index (κ1) is 30.5. The number of nitrogens with two attached hydrogens (primary N) is 1. The molecule has 0 saturated heterocycles. The number of carboxylic acids is 1. The van der Waals surface area contributed by atoms with Gasteiger partial charge in [0.25, 0.3) is 0 Å². The summed E-state index contributed by atoms with van der Waals surface area (Å²) in [5.74, 6) is -2.57. The number of aromatic amines is 3. The minimum absolute atomic E-state index is 0.117. The fourth-order valence-corrected chi connectivity index (χ4v) is 4.10. The number of aliphatic carboxylic acids is 1. The smallest absolute Gasteiger partial charge is 0.332 e. The third-order valence-corrected chi connectivity index (χ3v) is 6.23. The summed E-state index contributed by atoms with van der Waals surface area (Å²) in [7, 11) is 0. The van der Waals surface area contributed by atoms with Crippen molar-refractivity contribution in [3.8, 4) is 0 Å². The van der Waals surface area contributed by atoms with Gasteiger partial charge in [0.05, 0.1) is 36.1 Å². The molecule has 0 saturated carbocycles. The molecule has 3 unspecified atom stereocenters. The Kier molecular flexibility index (Phi) is 12.8. The molecule has 0 aliphatic heterocycles. The van der Waals surface area contributed by atoms with E-state index < -0.39 is 35.9 Å². The number of imidazole rings is 3. The van der Waals surface area contributed by atoms with E-state index in [9.17, 15) is 19.5 Å². The van der Waals surface area contributed by atoms with E-state index in [0.29, 0.717) is 12.2 Å². The summed E-state index contributed by atoms with van der Waals surface area (Å²) in [6.45, 7) is 3.24. The maximum atomic E-state index is 13.4. The van der Waals surface area contributed by atoms with Crippen molar-refractivity contribution in [3.63, 3.8) is 0 Å². The molecule has 3 heterocycles. The minimum Gasteiger partial charge on any atom is -0.479 e. The molecule has 15 heteroatoms. The first-order valence-electron chi connectivity index (χ1n) is 13.4. The van der Waals surface area contributed by atoms with E-state index in [-0.39, 0.29) is 11.4 Å². The summed E-state index contributed by atoms with van der Waals surface area (Å²) in [5.41, 5.74) is 6.29. The Bertz CT molecular complexity index is 1120. The Morgan fingerprint density at radius 1 is 0.700 bits per heavy atom. The zero-order valence-electron chi connectivity index (χ0n) is 22.4. The van der Waals surface area contributed by atoms with Crippen molar-refractivity contribution in [2.75, 3.05) is 26.2 Å².